The normalized spacial score (nSPS) is 16.7. The number of halogens is 3. The number of carbonyl (C=O) groups is 4. The van der Waals surface area contributed by atoms with Crippen molar-refractivity contribution >= 4 is 40.3 Å². The number of nitrogens with zero attached hydrogens (tertiary/aromatic N) is 2. The molecule has 2 heterocycles. The number of carbonyl (C=O) groups excluding carboxylic acids is 2. The minimum atomic E-state index is -5.08. The molecule has 0 bridgehead atoms. The number of urea groups is 1. The number of alkyl halides is 3. The monoisotopic (exact) mass is 550 g/mol. The summed E-state index contributed by atoms with van der Waals surface area (Å²) in [6.07, 6.45) is -3.38. The lowest BCUT2D eigenvalue weighted by atomic mass is 9.84. The Morgan fingerprint density at radius 2 is 1.53 bits per heavy atom. The minimum absolute atomic E-state index is 0.176. The van der Waals surface area contributed by atoms with E-state index in [1.54, 1.807) is 0 Å². The van der Waals surface area contributed by atoms with Crippen LogP contribution >= 0.6 is 11.3 Å². The molecule has 1 aliphatic heterocycles. The number of β-lactam (4-membered cyclic amide) rings is 1. The molecule has 5 N–H and O–H groups in total. The van der Waals surface area contributed by atoms with Crippen LogP contribution in [-0.4, -0.2) is 56.2 Å². The number of likely N-dealkylation sites (tertiary alicyclic amines) is 1. The second kappa shape index (κ2) is 11.7. The second-order valence-corrected chi connectivity index (χ2v) is 9.12. The quantitative estimate of drug-likeness (QED) is 0.340. The average molecular weight is 551 g/mol. The van der Waals surface area contributed by atoms with Crippen molar-refractivity contribution in [2.45, 2.75) is 24.7 Å². The zero-order valence-corrected chi connectivity index (χ0v) is 20.1. The molecule has 3 aromatic rings. The SMILES string of the molecule is Nc1ncc(C[C@H]2C(=O)N(C(=O)NC(c3ccccc3)c3ccccc3)[C@@H]2C(=O)O)s1.O=C(O)C(F)(F)F. The molecule has 1 aromatic heterocycles. The van der Waals surface area contributed by atoms with Crippen LogP contribution in [0.1, 0.15) is 22.0 Å². The predicted octanol–water partition coefficient (Wildman–Crippen LogP) is 3.31. The maximum Gasteiger partial charge on any atom is 0.490 e. The zero-order valence-electron chi connectivity index (χ0n) is 19.3. The molecule has 10 nitrogen and oxygen atoms in total. The fourth-order valence-corrected chi connectivity index (χ4v) is 4.48. The summed E-state index contributed by atoms with van der Waals surface area (Å²) in [4.78, 5) is 51.9. The maximum absolute atomic E-state index is 13.0. The van der Waals surface area contributed by atoms with E-state index < -0.39 is 48.1 Å². The number of thiazole rings is 1. The highest BCUT2D eigenvalue weighted by Gasteiger charge is 2.55. The summed E-state index contributed by atoms with van der Waals surface area (Å²) in [5.41, 5.74) is 7.25. The number of nitrogens with one attached hydrogen (secondary N) is 1. The van der Waals surface area contributed by atoms with Crippen molar-refractivity contribution in [2.24, 2.45) is 5.92 Å². The van der Waals surface area contributed by atoms with Crippen LogP contribution in [0.5, 0.6) is 0 Å². The molecule has 0 spiro atoms. The number of carboxylic acids is 2. The summed E-state index contributed by atoms with van der Waals surface area (Å²) in [5, 5.41) is 20.0. The lowest BCUT2D eigenvalue weighted by Gasteiger charge is -2.43. The third-order valence-corrected chi connectivity index (χ3v) is 6.30. The zero-order chi connectivity index (χ0) is 28.0. The predicted molar refractivity (Wildman–Crippen MR) is 129 cm³/mol. The van der Waals surface area contributed by atoms with Gasteiger partial charge in [-0.3, -0.25) is 4.79 Å². The van der Waals surface area contributed by atoms with Crippen molar-refractivity contribution in [2.75, 3.05) is 5.73 Å². The van der Waals surface area contributed by atoms with Crippen molar-refractivity contribution < 1.29 is 42.6 Å². The Labute approximate surface area is 217 Å². The smallest absolute Gasteiger partial charge is 0.480 e. The van der Waals surface area contributed by atoms with E-state index in [1.807, 2.05) is 60.7 Å². The molecule has 2 atom stereocenters. The Morgan fingerprint density at radius 1 is 1.03 bits per heavy atom. The van der Waals surface area contributed by atoms with E-state index in [-0.39, 0.29) is 6.42 Å². The molecule has 1 saturated heterocycles. The maximum atomic E-state index is 13.0. The van der Waals surface area contributed by atoms with Crippen molar-refractivity contribution in [1.29, 1.82) is 0 Å². The van der Waals surface area contributed by atoms with E-state index >= 15 is 0 Å². The van der Waals surface area contributed by atoms with Crippen molar-refractivity contribution in [3.63, 3.8) is 0 Å². The Hall–Kier alpha value is -4.46. The fraction of sp³-hybridized carbons (Fsp3) is 0.208. The number of aliphatic carboxylic acids is 2. The van der Waals surface area contributed by atoms with Crippen LogP contribution in [0.25, 0.3) is 0 Å². The summed E-state index contributed by atoms with van der Waals surface area (Å²) in [7, 11) is 0. The molecule has 3 amide bonds. The molecule has 0 saturated carbocycles. The summed E-state index contributed by atoms with van der Waals surface area (Å²) < 4.78 is 31.7. The average Bonchev–Trinajstić information content (AvgIpc) is 3.29. The van der Waals surface area contributed by atoms with Gasteiger partial charge in [0.25, 0.3) is 0 Å². The summed E-state index contributed by atoms with van der Waals surface area (Å²) in [6.45, 7) is 0. The number of hydrogen-bond acceptors (Lipinski definition) is 7. The van der Waals surface area contributed by atoms with Crippen LogP contribution in [0, 0.1) is 5.92 Å². The van der Waals surface area contributed by atoms with Crippen LogP contribution in [0.4, 0.5) is 23.1 Å². The van der Waals surface area contributed by atoms with Crippen molar-refractivity contribution in [1.82, 2.24) is 15.2 Å². The van der Waals surface area contributed by atoms with Gasteiger partial charge >= 0.3 is 24.1 Å². The van der Waals surface area contributed by atoms with E-state index in [4.69, 9.17) is 15.6 Å². The number of anilines is 1. The Bertz CT molecular complexity index is 1260. The molecule has 0 radical (unpaired) electrons. The van der Waals surface area contributed by atoms with E-state index in [9.17, 15) is 32.7 Å². The topological polar surface area (TPSA) is 163 Å². The molecule has 0 aliphatic carbocycles. The van der Waals surface area contributed by atoms with Gasteiger partial charge in [0.15, 0.2) is 11.2 Å². The molecule has 1 fully saturated rings. The van der Waals surface area contributed by atoms with Crippen molar-refractivity contribution in [3.8, 4) is 0 Å². The van der Waals surface area contributed by atoms with Gasteiger partial charge < -0.3 is 21.3 Å². The van der Waals surface area contributed by atoms with E-state index in [0.29, 0.717) is 10.0 Å². The van der Waals surface area contributed by atoms with Gasteiger partial charge in [0.1, 0.15) is 0 Å². The van der Waals surface area contributed by atoms with Gasteiger partial charge in [0, 0.05) is 11.1 Å². The Balaban J connectivity index is 0.000000505. The van der Waals surface area contributed by atoms with Gasteiger partial charge in [0.05, 0.1) is 12.0 Å². The summed E-state index contributed by atoms with van der Waals surface area (Å²) >= 11 is 1.20. The van der Waals surface area contributed by atoms with E-state index in [2.05, 4.69) is 10.3 Å². The summed E-state index contributed by atoms with van der Waals surface area (Å²) in [5.74, 6) is -5.35. The minimum Gasteiger partial charge on any atom is -0.480 e. The van der Waals surface area contributed by atoms with Gasteiger partial charge in [-0.1, -0.05) is 60.7 Å². The first-order valence-electron chi connectivity index (χ1n) is 10.9. The van der Waals surface area contributed by atoms with E-state index in [1.165, 1.54) is 17.5 Å². The standard InChI is InChI=1S/C22H20N4O4S.C2HF3O2/c23-21-24-12-15(31-21)11-16-18(20(28)29)26(19(16)27)22(30)25-17(13-7-3-1-4-8-13)14-9-5-2-6-10-14;3-2(4,5)1(6)7/h1-10,12,16-18H,11H2,(H2,23,24)(H,25,30)(H,28,29);(H,6,7)/t16-,18+;/m1./s1. The van der Waals surface area contributed by atoms with Gasteiger partial charge in [0.2, 0.25) is 5.91 Å². The largest absolute Gasteiger partial charge is 0.490 e. The molecule has 200 valence electrons. The lowest BCUT2D eigenvalue weighted by molar-refractivity contribution is -0.192. The number of nitrogen functional groups attached to an aromatic ring is 1. The number of amides is 3. The van der Waals surface area contributed by atoms with Crippen LogP contribution in [0.15, 0.2) is 66.9 Å². The third kappa shape index (κ3) is 6.64. The van der Waals surface area contributed by atoms with Crippen molar-refractivity contribution in [3.05, 3.63) is 82.9 Å². The molecular formula is C24H21F3N4O6S. The van der Waals surface area contributed by atoms with Gasteiger partial charge in [-0.15, -0.1) is 11.3 Å². The fourth-order valence-electron chi connectivity index (χ4n) is 3.73. The third-order valence-electron chi connectivity index (χ3n) is 5.45. The Kier molecular flexibility index (Phi) is 8.68. The number of imide groups is 1. The van der Waals surface area contributed by atoms with Crippen LogP contribution < -0.4 is 11.1 Å². The van der Waals surface area contributed by atoms with Crippen LogP contribution in [0.2, 0.25) is 0 Å². The molecule has 4 rings (SSSR count). The number of hydrogen-bond donors (Lipinski definition) is 4. The van der Waals surface area contributed by atoms with Crippen LogP contribution in [-0.2, 0) is 20.8 Å². The first-order valence-corrected chi connectivity index (χ1v) is 11.7. The molecule has 2 aromatic carbocycles. The molecule has 1 aliphatic rings. The number of nitrogens with two attached hydrogens (primary N) is 1. The highest BCUT2D eigenvalue weighted by molar-refractivity contribution is 7.15. The second-order valence-electron chi connectivity index (χ2n) is 7.97. The molecule has 0 unspecified atom stereocenters. The lowest BCUT2D eigenvalue weighted by Crippen LogP contribution is -2.68. The number of carboxylic acid groups (broad SMARTS) is 2. The van der Waals surface area contributed by atoms with E-state index in [0.717, 1.165) is 16.0 Å². The summed E-state index contributed by atoms with van der Waals surface area (Å²) in [6, 6.07) is 16.1. The van der Waals surface area contributed by atoms with Gasteiger partial charge in [-0.2, -0.15) is 13.2 Å². The first-order chi connectivity index (χ1) is 17.9. The highest BCUT2D eigenvalue weighted by Crippen LogP contribution is 2.33. The number of benzene rings is 2. The highest BCUT2D eigenvalue weighted by atomic mass is 32.1. The molecule has 14 heteroatoms. The molecule has 38 heavy (non-hydrogen) atoms. The molecular weight excluding hydrogens is 529 g/mol. The van der Waals surface area contributed by atoms with Gasteiger partial charge in [-0.05, 0) is 17.5 Å². The van der Waals surface area contributed by atoms with Crippen LogP contribution in [0.3, 0.4) is 0 Å². The number of aromatic nitrogens is 1. The van der Waals surface area contributed by atoms with Gasteiger partial charge in [-0.25, -0.2) is 24.3 Å². The first kappa shape index (κ1) is 28.1. The number of rotatable bonds is 6. The Morgan fingerprint density at radius 3 is 1.92 bits per heavy atom.